The van der Waals surface area contributed by atoms with Crippen LogP contribution in [-0.4, -0.2) is 28.2 Å². The molecular weight excluding hydrogens is 252 g/mol. The van der Waals surface area contributed by atoms with E-state index < -0.39 is 10.0 Å². The molecule has 0 saturated heterocycles. The number of nitrogens with two attached hydrogens (primary N) is 1. The van der Waals surface area contributed by atoms with Gasteiger partial charge in [-0.3, -0.25) is 0 Å². The van der Waals surface area contributed by atoms with Crippen molar-refractivity contribution in [3.8, 4) is 0 Å². The summed E-state index contributed by atoms with van der Waals surface area (Å²) < 4.78 is 31.2. The average molecular weight is 272 g/mol. The molecule has 0 aromatic heterocycles. The van der Waals surface area contributed by atoms with Gasteiger partial charge in [-0.2, -0.15) is 0 Å². The van der Waals surface area contributed by atoms with E-state index in [0.717, 1.165) is 0 Å². The minimum Gasteiger partial charge on any atom is -0.399 e. The molecular formula is C12H20N2O3S. The Bertz CT molecular complexity index is 460. The Labute approximate surface area is 108 Å². The first-order valence-corrected chi connectivity index (χ1v) is 7.58. The lowest BCUT2D eigenvalue weighted by molar-refractivity contribution is 0.146. The van der Waals surface area contributed by atoms with E-state index in [9.17, 15) is 8.42 Å². The predicted octanol–water partition coefficient (Wildman–Crippen LogP) is 1.11. The van der Waals surface area contributed by atoms with Crippen LogP contribution in [0.1, 0.15) is 18.9 Å². The Morgan fingerprint density at radius 3 is 2.83 bits per heavy atom. The van der Waals surface area contributed by atoms with Crippen LogP contribution in [0.2, 0.25) is 0 Å². The van der Waals surface area contributed by atoms with E-state index in [1.54, 1.807) is 24.3 Å². The third-order valence-electron chi connectivity index (χ3n) is 2.30. The molecule has 0 amide bonds. The number of ether oxygens (including phenoxy) is 1. The minimum atomic E-state index is -3.30. The number of rotatable bonds is 8. The number of hydrogen-bond donors (Lipinski definition) is 2. The van der Waals surface area contributed by atoms with E-state index in [1.165, 1.54) is 0 Å². The van der Waals surface area contributed by atoms with E-state index in [1.807, 2.05) is 6.92 Å². The van der Waals surface area contributed by atoms with Crippen LogP contribution in [0.3, 0.4) is 0 Å². The molecule has 0 bridgehead atoms. The second kappa shape index (κ2) is 7.35. The second-order valence-electron chi connectivity index (χ2n) is 3.95. The topological polar surface area (TPSA) is 81.4 Å². The lowest BCUT2D eigenvalue weighted by Crippen LogP contribution is -2.26. The molecule has 3 N–H and O–H groups in total. The molecule has 102 valence electrons. The maximum absolute atomic E-state index is 11.8. The Morgan fingerprint density at radius 2 is 2.17 bits per heavy atom. The fourth-order valence-electron chi connectivity index (χ4n) is 1.50. The molecule has 0 atom stereocenters. The first-order valence-electron chi connectivity index (χ1n) is 5.93. The Balaban J connectivity index is 2.40. The van der Waals surface area contributed by atoms with Crippen LogP contribution in [0.25, 0.3) is 0 Å². The van der Waals surface area contributed by atoms with Crippen LogP contribution in [0.4, 0.5) is 5.69 Å². The molecule has 1 aromatic rings. The van der Waals surface area contributed by atoms with E-state index in [4.69, 9.17) is 10.5 Å². The van der Waals surface area contributed by atoms with Crippen LogP contribution in [0, 0.1) is 0 Å². The van der Waals surface area contributed by atoms with Gasteiger partial charge in [0, 0.05) is 25.4 Å². The molecule has 0 aliphatic heterocycles. The van der Waals surface area contributed by atoms with Crippen LogP contribution in [0.15, 0.2) is 24.3 Å². The summed E-state index contributed by atoms with van der Waals surface area (Å²) in [6.07, 6.45) is 0.671. The van der Waals surface area contributed by atoms with Crippen molar-refractivity contribution in [1.29, 1.82) is 0 Å². The van der Waals surface area contributed by atoms with Gasteiger partial charge >= 0.3 is 0 Å². The van der Waals surface area contributed by atoms with Gasteiger partial charge in [0.1, 0.15) is 0 Å². The molecule has 0 aliphatic carbocycles. The van der Waals surface area contributed by atoms with E-state index >= 15 is 0 Å². The second-order valence-corrected chi connectivity index (χ2v) is 5.76. The fraction of sp³-hybridized carbons (Fsp3) is 0.500. The molecule has 1 rings (SSSR count). The summed E-state index contributed by atoms with van der Waals surface area (Å²) in [5.74, 6) is -0.0489. The maximum atomic E-state index is 11.8. The van der Waals surface area contributed by atoms with Gasteiger partial charge in [-0.25, -0.2) is 13.1 Å². The van der Waals surface area contributed by atoms with Crippen LogP contribution >= 0.6 is 0 Å². The van der Waals surface area contributed by atoms with E-state index in [0.29, 0.717) is 37.4 Å². The molecule has 0 aliphatic rings. The van der Waals surface area contributed by atoms with Crippen molar-refractivity contribution in [1.82, 2.24) is 4.72 Å². The Hall–Kier alpha value is -1.11. The predicted molar refractivity (Wildman–Crippen MR) is 72.6 cm³/mol. The number of nitrogen functional groups attached to an aromatic ring is 1. The summed E-state index contributed by atoms with van der Waals surface area (Å²) in [4.78, 5) is 0. The molecule has 0 radical (unpaired) electrons. The third-order valence-corrected chi connectivity index (χ3v) is 3.66. The summed E-state index contributed by atoms with van der Waals surface area (Å²) in [6, 6.07) is 6.89. The van der Waals surface area contributed by atoms with Crippen molar-refractivity contribution in [2.24, 2.45) is 0 Å². The first-order chi connectivity index (χ1) is 8.53. The highest BCUT2D eigenvalue weighted by Gasteiger charge is 2.10. The van der Waals surface area contributed by atoms with Crippen LogP contribution in [0.5, 0.6) is 0 Å². The van der Waals surface area contributed by atoms with Crippen LogP contribution in [-0.2, 0) is 20.5 Å². The molecule has 5 nitrogen and oxygen atoms in total. The average Bonchev–Trinajstić information content (AvgIpc) is 2.28. The smallest absolute Gasteiger partial charge is 0.215 e. The van der Waals surface area contributed by atoms with Crippen molar-refractivity contribution >= 4 is 15.7 Å². The third kappa shape index (κ3) is 6.00. The van der Waals surface area contributed by atoms with Gasteiger partial charge in [-0.05, 0) is 31.0 Å². The molecule has 1 aromatic carbocycles. The summed E-state index contributed by atoms with van der Waals surface area (Å²) in [5.41, 5.74) is 6.86. The van der Waals surface area contributed by atoms with Crippen molar-refractivity contribution in [3.63, 3.8) is 0 Å². The zero-order valence-electron chi connectivity index (χ0n) is 10.6. The first kappa shape index (κ1) is 14.9. The van der Waals surface area contributed by atoms with Gasteiger partial charge in [0.05, 0.1) is 5.75 Å². The highest BCUT2D eigenvalue weighted by Crippen LogP contribution is 2.09. The number of anilines is 1. The number of nitrogens with one attached hydrogen (secondary N) is 1. The van der Waals surface area contributed by atoms with Crippen molar-refractivity contribution in [2.75, 3.05) is 25.5 Å². The lowest BCUT2D eigenvalue weighted by atomic mass is 10.2. The summed E-state index contributed by atoms with van der Waals surface area (Å²) >= 11 is 0. The molecule has 0 unspecified atom stereocenters. The molecule has 6 heteroatoms. The highest BCUT2D eigenvalue weighted by molar-refractivity contribution is 7.88. The highest BCUT2D eigenvalue weighted by atomic mass is 32.2. The standard InChI is InChI=1S/C12H20N2O3S/c1-2-17-8-4-7-14-18(15,16)10-11-5-3-6-12(13)9-11/h3,5-6,9,14H,2,4,7-8,10,13H2,1H3. The zero-order chi connectivity index (χ0) is 13.4. The molecule has 0 heterocycles. The number of benzene rings is 1. The van der Waals surface area contributed by atoms with Crippen molar-refractivity contribution in [3.05, 3.63) is 29.8 Å². The normalized spacial score (nSPS) is 11.6. The molecule has 0 spiro atoms. The molecule has 0 saturated carbocycles. The lowest BCUT2D eigenvalue weighted by Gasteiger charge is -2.07. The van der Waals surface area contributed by atoms with Crippen molar-refractivity contribution < 1.29 is 13.2 Å². The zero-order valence-corrected chi connectivity index (χ0v) is 11.4. The fourth-order valence-corrected chi connectivity index (χ4v) is 2.68. The van der Waals surface area contributed by atoms with Gasteiger partial charge in [0.2, 0.25) is 10.0 Å². The van der Waals surface area contributed by atoms with Crippen LogP contribution < -0.4 is 10.5 Å². The van der Waals surface area contributed by atoms with Crippen molar-refractivity contribution in [2.45, 2.75) is 19.1 Å². The van der Waals surface area contributed by atoms with E-state index in [-0.39, 0.29) is 5.75 Å². The molecule has 18 heavy (non-hydrogen) atoms. The summed E-state index contributed by atoms with van der Waals surface area (Å²) in [6.45, 7) is 3.52. The Morgan fingerprint density at radius 1 is 1.39 bits per heavy atom. The largest absolute Gasteiger partial charge is 0.399 e. The van der Waals surface area contributed by atoms with Gasteiger partial charge in [0.25, 0.3) is 0 Å². The summed E-state index contributed by atoms with van der Waals surface area (Å²) in [5, 5.41) is 0. The molecule has 0 fully saturated rings. The minimum absolute atomic E-state index is 0.0489. The van der Waals surface area contributed by atoms with Gasteiger partial charge in [0.15, 0.2) is 0 Å². The monoisotopic (exact) mass is 272 g/mol. The number of sulfonamides is 1. The van der Waals surface area contributed by atoms with Gasteiger partial charge in [-0.15, -0.1) is 0 Å². The van der Waals surface area contributed by atoms with Gasteiger partial charge < -0.3 is 10.5 Å². The Kier molecular flexibility index (Phi) is 6.11. The van der Waals surface area contributed by atoms with E-state index in [2.05, 4.69) is 4.72 Å². The maximum Gasteiger partial charge on any atom is 0.215 e. The van der Waals surface area contributed by atoms with Gasteiger partial charge in [-0.1, -0.05) is 12.1 Å². The summed E-state index contributed by atoms with van der Waals surface area (Å²) in [7, 11) is -3.30. The SMILES string of the molecule is CCOCCCNS(=O)(=O)Cc1cccc(N)c1. The quantitative estimate of drug-likeness (QED) is 0.549. The number of hydrogen-bond acceptors (Lipinski definition) is 4.